The predicted molar refractivity (Wildman–Crippen MR) is 79.9 cm³/mol. The van der Waals surface area contributed by atoms with Crippen LogP contribution in [0.25, 0.3) is 22.3 Å². The van der Waals surface area contributed by atoms with Gasteiger partial charge in [0.1, 0.15) is 11.2 Å². The lowest BCUT2D eigenvalue weighted by molar-refractivity contribution is -0.114. The Kier molecular flexibility index (Phi) is 3.19. The maximum Gasteiger partial charge on any atom is 0.275 e. The van der Waals surface area contributed by atoms with E-state index < -0.39 is 0 Å². The lowest BCUT2D eigenvalue weighted by Gasteiger charge is -2.09. The topological polar surface area (TPSA) is 87.7 Å². The van der Waals surface area contributed by atoms with E-state index in [0.717, 1.165) is 0 Å². The smallest absolute Gasteiger partial charge is 0.275 e. The van der Waals surface area contributed by atoms with Crippen LogP contribution in [0.15, 0.2) is 47.5 Å². The molecule has 0 aliphatic rings. The van der Waals surface area contributed by atoms with Gasteiger partial charge < -0.3 is 10.3 Å². The van der Waals surface area contributed by atoms with Crippen LogP contribution in [0, 0.1) is 0 Å². The maximum atomic E-state index is 12.2. The summed E-state index contributed by atoms with van der Waals surface area (Å²) in [6.45, 7) is 1.42. The van der Waals surface area contributed by atoms with Crippen LogP contribution in [0.1, 0.15) is 6.92 Å². The van der Waals surface area contributed by atoms with Gasteiger partial charge in [0, 0.05) is 18.7 Å². The van der Waals surface area contributed by atoms with Gasteiger partial charge in [-0.1, -0.05) is 18.2 Å². The van der Waals surface area contributed by atoms with Gasteiger partial charge >= 0.3 is 0 Å². The number of benzene rings is 1. The van der Waals surface area contributed by atoms with Gasteiger partial charge in [-0.05, 0) is 12.1 Å². The number of nitrogens with one attached hydrogen (secondary N) is 2. The minimum Gasteiger partial charge on any atom is -0.326 e. The summed E-state index contributed by atoms with van der Waals surface area (Å²) in [7, 11) is 0. The molecular formula is C15H12N4O2. The lowest BCUT2D eigenvalue weighted by atomic mass is 10.1. The average molecular weight is 280 g/mol. The van der Waals surface area contributed by atoms with E-state index >= 15 is 0 Å². The Morgan fingerprint density at radius 3 is 2.86 bits per heavy atom. The van der Waals surface area contributed by atoms with Crippen LogP contribution in [0.5, 0.6) is 0 Å². The summed E-state index contributed by atoms with van der Waals surface area (Å²) in [5.74, 6) is -0.207. The second kappa shape index (κ2) is 5.16. The average Bonchev–Trinajstić information content (AvgIpc) is 2.47. The van der Waals surface area contributed by atoms with Gasteiger partial charge in [0.25, 0.3) is 5.56 Å². The van der Waals surface area contributed by atoms with Crippen molar-refractivity contribution in [2.24, 2.45) is 0 Å². The Bertz CT molecular complexity index is 886. The highest BCUT2D eigenvalue weighted by molar-refractivity contribution is 5.93. The molecule has 0 atom stereocenters. The van der Waals surface area contributed by atoms with Crippen molar-refractivity contribution < 1.29 is 4.79 Å². The van der Waals surface area contributed by atoms with E-state index in [4.69, 9.17) is 0 Å². The molecule has 3 aromatic rings. The van der Waals surface area contributed by atoms with Gasteiger partial charge in [-0.25, -0.2) is 4.98 Å². The third-order valence-corrected chi connectivity index (χ3v) is 2.99. The molecule has 1 aromatic carbocycles. The standard InChI is InChI=1S/C15H12N4O2/c1-9(20)17-11-5-3-2-4-10(11)14-15(21)19-12-6-7-16-8-13(12)18-14/h2-8H,1H3,(H,17,20)(H,19,21). The van der Waals surface area contributed by atoms with E-state index in [0.29, 0.717) is 22.3 Å². The lowest BCUT2D eigenvalue weighted by Crippen LogP contribution is -2.14. The van der Waals surface area contributed by atoms with Crippen LogP contribution in [0.4, 0.5) is 5.69 Å². The number of hydrogen-bond acceptors (Lipinski definition) is 4. The van der Waals surface area contributed by atoms with Crippen LogP contribution in [-0.4, -0.2) is 20.9 Å². The molecule has 0 radical (unpaired) electrons. The second-order valence-electron chi connectivity index (χ2n) is 4.53. The van der Waals surface area contributed by atoms with Crippen LogP contribution < -0.4 is 10.9 Å². The summed E-state index contributed by atoms with van der Waals surface area (Å²) in [6.07, 6.45) is 3.17. The third kappa shape index (κ3) is 2.51. The SMILES string of the molecule is CC(=O)Nc1ccccc1-c1nc2cnccc2[nH]c1=O. The van der Waals surface area contributed by atoms with E-state index in [1.165, 1.54) is 6.92 Å². The van der Waals surface area contributed by atoms with Gasteiger partial charge in [-0.15, -0.1) is 0 Å². The first-order chi connectivity index (χ1) is 10.1. The highest BCUT2D eigenvalue weighted by Crippen LogP contribution is 2.24. The number of pyridine rings is 1. The fraction of sp³-hybridized carbons (Fsp3) is 0.0667. The third-order valence-electron chi connectivity index (χ3n) is 2.99. The number of carbonyl (C=O) groups is 1. The van der Waals surface area contributed by atoms with Crippen LogP contribution in [-0.2, 0) is 4.79 Å². The maximum absolute atomic E-state index is 12.2. The summed E-state index contributed by atoms with van der Waals surface area (Å²) in [4.78, 5) is 34.6. The predicted octanol–water partition coefficient (Wildman–Crippen LogP) is 1.94. The Balaban J connectivity index is 2.23. The van der Waals surface area contributed by atoms with Crippen molar-refractivity contribution in [2.45, 2.75) is 6.92 Å². The number of H-pyrrole nitrogens is 1. The molecule has 6 nitrogen and oxygen atoms in total. The number of fused-ring (bicyclic) bond motifs is 1. The number of carbonyl (C=O) groups excluding carboxylic acids is 1. The van der Waals surface area contributed by atoms with E-state index in [2.05, 4.69) is 20.3 Å². The number of nitrogens with zero attached hydrogens (tertiary/aromatic N) is 2. The molecule has 0 bridgehead atoms. The highest BCUT2D eigenvalue weighted by atomic mass is 16.1. The number of hydrogen-bond donors (Lipinski definition) is 2. The monoisotopic (exact) mass is 280 g/mol. The first-order valence-electron chi connectivity index (χ1n) is 6.36. The minimum atomic E-state index is -0.313. The quantitative estimate of drug-likeness (QED) is 0.751. The Hall–Kier alpha value is -3.02. The van der Waals surface area contributed by atoms with Gasteiger partial charge in [0.05, 0.1) is 17.4 Å². The Labute approximate surface area is 119 Å². The summed E-state index contributed by atoms with van der Waals surface area (Å²) in [5.41, 5.74) is 2.26. The first kappa shape index (κ1) is 13.0. The zero-order valence-electron chi connectivity index (χ0n) is 11.3. The van der Waals surface area contributed by atoms with Crippen molar-refractivity contribution in [3.8, 4) is 11.3 Å². The van der Waals surface area contributed by atoms with Crippen LogP contribution >= 0.6 is 0 Å². The largest absolute Gasteiger partial charge is 0.326 e. The van der Waals surface area contributed by atoms with Gasteiger partial charge in [-0.2, -0.15) is 0 Å². The first-order valence-corrected chi connectivity index (χ1v) is 6.36. The molecule has 0 saturated carbocycles. The van der Waals surface area contributed by atoms with Crippen molar-refractivity contribution in [1.29, 1.82) is 0 Å². The molecule has 6 heteroatoms. The summed E-state index contributed by atoms with van der Waals surface area (Å²) >= 11 is 0. The number of amides is 1. The van der Waals surface area contributed by atoms with Gasteiger partial charge in [0.2, 0.25) is 5.91 Å². The van der Waals surface area contributed by atoms with Crippen LogP contribution in [0.2, 0.25) is 0 Å². The molecule has 104 valence electrons. The number of aromatic nitrogens is 3. The van der Waals surface area contributed by atoms with Crippen molar-refractivity contribution in [2.75, 3.05) is 5.32 Å². The molecule has 0 aliphatic heterocycles. The zero-order valence-corrected chi connectivity index (χ0v) is 11.3. The molecule has 0 unspecified atom stereocenters. The van der Waals surface area contributed by atoms with Gasteiger partial charge in [0.15, 0.2) is 0 Å². The zero-order chi connectivity index (χ0) is 14.8. The summed E-state index contributed by atoms with van der Waals surface area (Å²) < 4.78 is 0. The number of rotatable bonds is 2. The Morgan fingerprint density at radius 2 is 2.05 bits per heavy atom. The van der Waals surface area contributed by atoms with E-state index in [1.807, 2.05) is 0 Å². The number of anilines is 1. The van der Waals surface area contributed by atoms with Crippen molar-refractivity contribution in [3.05, 3.63) is 53.1 Å². The second-order valence-corrected chi connectivity index (χ2v) is 4.53. The number of aromatic amines is 1. The van der Waals surface area contributed by atoms with E-state index in [1.54, 1.807) is 42.7 Å². The van der Waals surface area contributed by atoms with Gasteiger partial charge in [-0.3, -0.25) is 14.6 Å². The molecular weight excluding hydrogens is 268 g/mol. The molecule has 3 rings (SSSR count). The number of para-hydroxylation sites is 1. The molecule has 0 spiro atoms. The van der Waals surface area contributed by atoms with Crippen molar-refractivity contribution in [3.63, 3.8) is 0 Å². The minimum absolute atomic E-state index is 0.207. The fourth-order valence-electron chi connectivity index (χ4n) is 2.10. The van der Waals surface area contributed by atoms with Crippen LogP contribution in [0.3, 0.4) is 0 Å². The molecule has 0 aliphatic carbocycles. The highest BCUT2D eigenvalue weighted by Gasteiger charge is 2.12. The van der Waals surface area contributed by atoms with Crippen molar-refractivity contribution in [1.82, 2.24) is 15.0 Å². The Morgan fingerprint density at radius 1 is 1.24 bits per heavy atom. The fourth-order valence-corrected chi connectivity index (χ4v) is 2.10. The normalized spacial score (nSPS) is 10.5. The summed E-state index contributed by atoms with van der Waals surface area (Å²) in [6, 6.07) is 8.73. The molecule has 21 heavy (non-hydrogen) atoms. The summed E-state index contributed by atoms with van der Waals surface area (Å²) in [5, 5.41) is 2.70. The molecule has 1 amide bonds. The molecule has 2 heterocycles. The van der Waals surface area contributed by atoms with E-state index in [-0.39, 0.29) is 17.2 Å². The molecule has 0 saturated heterocycles. The van der Waals surface area contributed by atoms with E-state index in [9.17, 15) is 9.59 Å². The molecule has 2 aromatic heterocycles. The molecule has 0 fully saturated rings. The molecule has 2 N–H and O–H groups in total. The van der Waals surface area contributed by atoms with Crippen molar-refractivity contribution >= 4 is 22.6 Å².